The normalized spacial score (nSPS) is 19.2. The van der Waals surface area contributed by atoms with Crippen molar-refractivity contribution in [2.75, 3.05) is 6.54 Å². The molecule has 1 aliphatic rings. The summed E-state index contributed by atoms with van der Waals surface area (Å²) in [4.78, 5) is 2.64. The summed E-state index contributed by atoms with van der Waals surface area (Å²) >= 11 is 0. The van der Waals surface area contributed by atoms with Crippen molar-refractivity contribution in [2.24, 2.45) is 11.3 Å². The third-order valence-electron chi connectivity index (χ3n) is 3.67. The zero-order valence-electron chi connectivity index (χ0n) is 13.1. The van der Waals surface area contributed by atoms with Gasteiger partial charge in [0.05, 0.1) is 0 Å². The molecular weight excluding hydrogens is 206 g/mol. The maximum atomic E-state index is 2.64. The summed E-state index contributed by atoms with van der Waals surface area (Å²) < 4.78 is 0. The fourth-order valence-electron chi connectivity index (χ4n) is 2.94. The van der Waals surface area contributed by atoms with Crippen molar-refractivity contribution in [1.29, 1.82) is 0 Å². The number of allylic oxidation sites excluding steroid dienone is 2. The Hall–Kier alpha value is -0.460. The van der Waals surface area contributed by atoms with Gasteiger partial charge in [0, 0.05) is 17.8 Å². The first-order valence-electron chi connectivity index (χ1n) is 7.06. The first-order chi connectivity index (χ1) is 7.55. The molecule has 0 bridgehead atoms. The fourth-order valence-corrected chi connectivity index (χ4v) is 2.94. The lowest BCUT2D eigenvalue weighted by Gasteiger charge is -2.47. The number of nitrogens with zero attached hydrogens (tertiary/aromatic N) is 1. The molecule has 0 aliphatic carbocycles. The van der Waals surface area contributed by atoms with Gasteiger partial charge in [-0.2, -0.15) is 0 Å². The number of rotatable bonds is 1. The Morgan fingerprint density at radius 1 is 1.00 bits per heavy atom. The van der Waals surface area contributed by atoms with Crippen LogP contribution < -0.4 is 0 Å². The quantitative estimate of drug-likeness (QED) is 0.631. The highest BCUT2D eigenvalue weighted by molar-refractivity contribution is 5.24. The molecule has 1 aliphatic heterocycles. The van der Waals surface area contributed by atoms with Gasteiger partial charge in [0.2, 0.25) is 0 Å². The van der Waals surface area contributed by atoms with Gasteiger partial charge in [-0.15, -0.1) is 0 Å². The van der Waals surface area contributed by atoms with Crippen molar-refractivity contribution in [1.82, 2.24) is 4.90 Å². The van der Waals surface area contributed by atoms with Crippen LogP contribution in [0, 0.1) is 11.3 Å². The van der Waals surface area contributed by atoms with Crippen LogP contribution in [0.3, 0.4) is 0 Å². The maximum absolute atomic E-state index is 2.64. The molecule has 0 aromatic rings. The third-order valence-corrected chi connectivity index (χ3v) is 3.67. The smallest absolute Gasteiger partial charge is 0.0315 e. The van der Waals surface area contributed by atoms with Crippen LogP contribution in [-0.2, 0) is 0 Å². The minimum absolute atomic E-state index is 0.247. The van der Waals surface area contributed by atoms with E-state index < -0.39 is 0 Å². The molecular formula is C16H31N. The SMILES string of the molecule is CC(C)C1=C(C(C)(C)C)CCCN1C(C)(C)C. The van der Waals surface area contributed by atoms with Gasteiger partial charge in [0.15, 0.2) is 0 Å². The molecule has 0 aromatic heterocycles. The summed E-state index contributed by atoms with van der Waals surface area (Å²) in [5.41, 5.74) is 3.84. The number of hydrogen-bond donors (Lipinski definition) is 0. The average Bonchev–Trinajstić information content (AvgIpc) is 2.13. The fraction of sp³-hybridized carbons (Fsp3) is 0.875. The molecule has 0 atom stereocenters. The van der Waals surface area contributed by atoms with Crippen LogP contribution in [-0.4, -0.2) is 17.0 Å². The molecule has 0 unspecified atom stereocenters. The van der Waals surface area contributed by atoms with E-state index in [1.54, 1.807) is 11.3 Å². The van der Waals surface area contributed by atoms with Crippen molar-refractivity contribution < 1.29 is 0 Å². The van der Waals surface area contributed by atoms with Gasteiger partial charge in [-0.3, -0.25) is 0 Å². The Morgan fingerprint density at radius 3 is 1.88 bits per heavy atom. The minimum atomic E-state index is 0.247. The van der Waals surface area contributed by atoms with Gasteiger partial charge in [0.25, 0.3) is 0 Å². The van der Waals surface area contributed by atoms with Gasteiger partial charge in [0.1, 0.15) is 0 Å². The van der Waals surface area contributed by atoms with Crippen LogP contribution in [0.2, 0.25) is 0 Å². The van der Waals surface area contributed by atoms with E-state index in [9.17, 15) is 0 Å². The Labute approximate surface area is 108 Å². The molecule has 1 nitrogen and oxygen atoms in total. The summed E-state index contributed by atoms with van der Waals surface area (Å²) in [5, 5.41) is 0. The Kier molecular flexibility index (Phi) is 4.01. The standard InChI is InChI=1S/C16H31N/c1-12(2)14-13(15(3,4)5)10-9-11-17(14)16(6,7)8/h12H,9-11H2,1-8H3. The van der Waals surface area contributed by atoms with E-state index in [0.29, 0.717) is 11.3 Å². The number of hydrogen-bond acceptors (Lipinski definition) is 1. The van der Waals surface area contributed by atoms with Crippen LogP contribution in [0.15, 0.2) is 11.3 Å². The highest BCUT2D eigenvalue weighted by Crippen LogP contribution is 2.41. The molecule has 1 heteroatoms. The summed E-state index contributed by atoms with van der Waals surface area (Å²) in [6, 6.07) is 0. The summed E-state index contributed by atoms with van der Waals surface area (Å²) in [6.45, 7) is 20.0. The minimum Gasteiger partial charge on any atom is -0.370 e. The van der Waals surface area contributed by atoms with Gasteiger partial charge in [-0.1, -0.05) is 34.6 Å². The predicted octanol–water partition coefficient (Wildman–Crippen LogP) is 4.84. The molecule has 0 spiro atoms. The Bertz CT molecular complexity index is 296. The predicted molar refractivity (Wildman–Crippen MR) is 77.0 cm³/mol. The molecule has 17 heavy (non-hydrogen) atoms. The van der Waals surface area contributed by atoms with Gasteiger partial charge >= 0.3 is 0 Å². The lowest BCUT2D eigenvalue weighted by Crippen LogP contribution is -2.46. The Balaban J connectivity index is 3.27. The van der Waals surface area contributed by atoms with Crippen molar-refractivity contribution in [3.63, 3.8) is 0 Å². The average molecular weight is 237 g/mol. The van der Waals surface area contributed by atoms with Crippen molar-refractivity contribution in [3.05, 3.63) is 11.3 Å². The highest BCUT2D eigenvalue weighted by Gasteiger charge is 2.33. The third kappa shape index (κ3) is 3.26. The zero-order chi connectivity index (χ0) is 13.4. The van der Waals surface area contributed by atoms with Crippen LogP contribution in [0.4, 0.5) is 0 Å². The lowest BCUT2D eigenvalue weighted by molar-refractivity contribution is 0.146. The van der Waals surface area contributed by atoms with Crippen LogP contribution in [0.25, 0.3) is 0 Å². The van der Waals surface area contributed by atoms with E-state index in [4.69, 9.17) is 0 Å². The molecule has 0 radical (unpaired) electrons. The maximum Gasteiger partial charge on any atom is 0.0315 e. The molecule has 0 amide bonds. The van der Waals surface area contributed by atoms with Gasteiger partial charge in [-0.25, -0.2) is 0 Å². The van der Waals surface area contributed by atoms with Gasteiger partial charge in [-0.05, 0) is 50.5 Å². The van der Waals surface area contributed by atoms with E-state index in [0.717, 1.165) is 0 Å². The topological polar surface area (TPSA) is 3.24 Å². The van der Waals surface area contributed by atoms with Crippen LogP contribution in [0.5, 0.6) is 0 Å². The zero-order valence-corrected chi connectivity index (χ0v) is 13.1. The molecule has 100 valence electrons. The van der Waals surface area contributed by atoms with Gasteiger partial charge < -0.3 is 4.90 Å². The van der Waals surface area contributed by atoms with E-state index in [-0.39, 0.29) is 5.54 Å². The van der Waals surface area contributed by atoms with Crippen LogP contribution in [0.1, 0.15) is 68.2 Å². The van der Waals surface area contributed by atoms with Crippen molar-refractivity contribution >= 4 is 0 Å². The summed E-state index contributed by atoms with van der Waals surface area (Å²) in [5.74, 6) is 0.628. The summed E-state index contributed by atoms with van der Waals surface area (Å²) in [6.07, 6.45) is 2.59. The molecule has 1 rings (SSSR count). The summed E-state index contributed by atoms with van der Waals surface area (Å²) in [7, 11) is 0. The molecule has 0 saturated carbocycles. The molecule has 0 N–H and O–H groups in total. The first kappa shape index (κ1) is 14.6. The second-order valence-corrected chi connectivity index (χ2v) is 7.69. The second kappa shape index (κ2) is 4.66. The van der Waals surface area contributed by atoms with E-state index in [1.165, 1.54) is 19.4 Å². The largest absolute Gasteiger partial charge is 0.370 e. The lowest BCUT2D eigenvalue weighted by atomic mass is 9.77. The first-order valence-corrected chi connectivity index (χ1v) is 7.06. The van der Waals surface area contributed by atoms with Crippen LogP contribution >= 0.6 is 0 Å². The van der Waals surface area contributed by atoms with E-state index in [2.05, 4.69) is 60.3 Å². The van der Waals surface area contributed by atoms with E-state index >= 15 is 0 Å². The highest BCUT2D eigenvalue weighted by atomic mass is 15.2. The molecule has 0 aromatic carbocycles. The molecule has 1 heterocycles. The Morgan fingerprint density at radius 2 is 1.53 bits per heavy atom. The molecule has 0 fully saturated rings. The van der Waals surface area contributed by atoms with Crippen molar-refractivity contribution in [2.45, 2.75) is 73.8 Å². The second-order valence-electron chi connectivity index (χ2n) is 7.69. The monoisotopic (exact) mass is 237 g/mol. The van der Waals surface area contributed by atoms with Crippen molar-refractivity contribution in [3.8, 4) is 0 Å². The molecule has 0 saturated heterocycles. The van der Waals surface area contributed by atoms with E-state index in [1.807, 2.05) is 0 Å².